The zero-order valence-electron chi connectivity index (χ0n) is 12.5. The van der Waals surface area contributed by atoms with E-state index in [1.165, 1.54) is 32.1 Å². The molecule has 0 amide bonds. The highest BCUT2D eigenvalue weighted by atomic mass is 79.9. The predicted molar refractivity (Wildman–Crippen MR) is 88.2 cm³/mol. The van der Waals surface area contributed by atoms with E-state index in [1.807, 2.05) is 0 Å². The smallest absolute Gasteiger partial charge is 0.146 e. The maximum Gasteiger partial charge on any atom is 0.146 e. The maximum absolute atomic E-state index is 4.39. The van der Waals surface area contributed by atoms with Gasteiger partial charge in [-0.3, -0.25) is 0 Å². The molecule has 0 aromatic carbocycles. The number of anilines is 2. The maximum atomic E-state index is 4.39. The molecule has 112 valence electrons. The Kier molecular flexibility index (Phi) is 6.07. The molecule has 1 aliphatic carbocycles. The lowest BCUT2D eigenvalue weighted by Gasteiger charge is -2.31. The van der Waals surface area contributed by atoms with Crippen molar-refractivity contribution >= 4 is 27.6 Å². The summed E-state index contributed by atoms with van der Waals surface area (Å²) in [5.41, 5.74) is 0. The van der Waals surface area contributed by atoms with Crippen LogP contribution in [0.5, 0.6) is 0 Å². The normalized spacial score (nSPS) is 17.8. The molecule has 2 N–H and O–H groups in total. The second-order valence-electron chi connectivity index (χ2n) is 5.47. The van der Waals surface area contributed by atoms with Gasteiger partial charge in [0.25, 0.3) is 0 Å². The van der Waals surface area contributed by atoms with E-state index < -0.39 is 0 Å². The number of rotatable bonds is 6. The van der Waals surface area contributed by atoms with Crippen molar-refractivity contribution in [2.45, 2.75) is 58.4 Å². The number of aromatic nitrogens is 2. The van der Waals surface area contributed by atoms with Gasteiger partial charge >= 0.3 is 0 Å². The van der Waals surface area contributed by atoms with Crippen molar-refractivity contribution in [1.82, 2.24) is 9.97 Å². The summed E-state index contributed by atoms with van der Waals surface area (Å²) in [4.78, 5) is 8.66. The zero-order valence-corrected chi connectivity index (χ0v) is 14.0. The fourth-order valence-corrected chi connectivity index (χ4v) is 3.49. The van der Waals surface area contributed by atoms with E-state index >= 15 is 0 Å². The summed E-state index contributed by atoms with van der Waals surface area (Å²) in [5.74, 6) is 2.55. The largest absolute Gasteiger partial charge is 0.369 e. The second kappa shape index (κ2) is 7.81. The molecule has 0 spiro atoms. The van der Waals surface area contributed by atoms with Gasteiger partial charge in [0.15, 0.2) is 0 Å². The molecule has 1 fully saturated rings. The Morgan fingerprint density at radius 3 is 2.55 bits per heavy atom. The van der Waals surface area contributed by atoms with Gasteiger partial charge in [-0.25, -0.2) is 9.97 Å². The summed E-state index contributed by atoms with van der Waals surface area (Å²) in [5, 5.41) is 6.88. The Bertz CT molecular complexity index is 418. The minimum absolute atomic E-state index is 0.510. The Hall–Kier alpha value is -0.840. The van der Waals surface area contributed by atoms with Crippen molar-refractivity contribution in [3.8, 4) is 0 Å². The lowest BCUT2D eigenvalue weighted by molar-refractivity contribution is 0.312. The topological polar surface area (TPSA) is 49.8 Å². The van der Waals surface area contributed by atoms with Crippen LogP contribution in [0, 0.1) is 5.92 Å². The molecule has 0 radical (unpaired) electrons. The van der Waals surface area contributed by atoms with Gasteiger partial charge in [0.05, 0.1) is 0 Å². The molecule has 20 heavy (non-hydrogen) atoms. The average Bonchev–Trinajstić information content (AvgIpc) is 2.49. The van der Waals surface area contributed by atoms with Crippen LogP contribution >= 0.6 is 15.9 Å². The first kappa shape index (κ1) is 15.5. The third-order valence-electron chi connectivity index (χ3n) is 4.11. The van der Waals surface area contributed by atoms with Crippen molar-refractivity contribution < 1.29 is 0 Å². The van der Waals surface area contributed by atoms with Crippen LogP contribution in [0.2, 0.25) is 0 Å². The monoisotopic (exact) mass is 340 g/mol. The first-order valence-electron chi connectivity index (χ1n) is 7.77. The molecule has 5 heteroatoms. The highest BCUT2D eigenvalue weighted by Crippen LogP contribution is 2.32. The molecule has 1 aromatic rings. The van der Waals surface area contributed by atoms with Crippen molar-refractivity contribution in [2.24, 2.45) is 5.92 Å². The van der Waals surface area contributed by atoms with Gasteiger partial charge in [-0.05, 0) is 48.0 Å². The van der Waals surface area contributed by atoms with Crippen molar-refractivity contribution in [3.05, 3.63) is 10.8 Å². The number of hydrogen-bond acceptors (Lipinski definition) is 4. The van der Waals surface area contributed by atoms with Crippen LogP contribution in [-0.2, 0) is 0 Å². The fourth-order valence-electron chi connectivity index (χ4n) is 3.03. The third kappa shape index (κ3) is 3.84. The SMILES string of the molecule is CCNc1ncnc(NC(CC)C2CCCCC2)c1Br. The van der Waals surface area contributed by atoms with E-state index in [1.54, 1.807) is 6.33 Å². The quantitative estimate of drug-likeness (QED) is 0.803. The summed E-state index contributed by atoms with van der Waals surface area (Å²) in [6.45, 7) is 5.18. The van der Waals surface area contributed by atoms with Crippen molar-refractivity contribution in [2.75, 3.05) is 17.2 Å². The molecular formula is C15H25BrN4. The Morgan fingerprint density at radius 2 is 1.90 bits per heavy atom. The first-order chi connectivity index (χ1) is 9.76. The molecule has 1 aromatic heterocycles. The van der Waals surface area contributed by atoms with E-state index in [4.69, 9.17) is 0 Å². The number of nitrogens with zero attached hydrogens (tertiary/aromatic N) is 2. The molecule has 0 bridgehead atoms. The van der Waals surface area contributed by atoms with E-state index in [9.17, 15) is 0 Å². The zero-order chi connectivity index (χ0) is 14.4. The second-order valence-corrected chi connectivity index (χ2v) is 6.27. The minimum Gasteiger partial charge on any atom is -0.369 e. The number of hydrogen-bond donors (Lipinski definition) is 2. The molecule has 1 unspecified atom stereocenters. The standard InChI is InChI=1S/C15H25BrN4/c1-3-12(11-8-6-5-7-9-11)20-15-13(16)14(17-4-2)18-10-19-15/h10-12H,3-9H2,1-2H3,(H2,17,18,19,20). The Morgan fingerprint density at radius 1 is 1.20 bits per heavy atom. The van der Waals surface area contributed by atoms with E-state index in [0.29, 0.717) is 6.04 Å². The first-order valence-corrected chi connectivity index (χ1v) is 8.56. The summed E-state index contributed by atoms with van der Waals surface area (Å²) in [7, 11) is 0. The third-order valence-corrected chi connectivity index (χ3v) is 4.87. The Balaban J connectivity index is 2.08. The average molecular weight is 341 g/mol. The van der Waals surface area contributed by atoms with Crippen LogP contribution < -0.4 is 10.6 Å². The van der Waals surface area contributed by atoms with Gasteiger partial charge in [-0.15, -0.1) is 0 Å². The van der Waals surface area contributed by atoms with Gasteiger partial charge in [0, 0.05) is 12.6 Å². The van der Waals surface area contributed by atoms with Crippen molar-refractivity contribution in [3.63, 3.8) is 0 Å². The summed E-state index contributed by atoms with van der Waals surface area (Å²) in [6.07, 6.45) is 9.58. The minimum atomic E-state index is 0.510. The number of nitrogens with one attached hydrogen (secondary N) is 2. The molecule has 4 nitrogen and oxygen atoms in total. The molecule has 1 heterocycles. The molecule has 2 rings (SSSR count). The van der Waals surface area contributed by atoms with Crippen LogP contribution in [0.1, 0.15) is 52.4 Å². The molecule has 0 aliphatic heterocycles. The Labute approximate surface area is 130 Å². The molecular weight excluding hydrogens is 316 g/mol. The molecule has 1 aliphatic rings. The van der Waals surface area contributed by atoms with Gasteiger partial charge in [0.2, 0.25) is 0 Å². The lowest BCUT2D eigenvalue weighted by Crippen LogP contribution is -2.30. The summed E-state index contributed by atoms with van der Waals surface area (Å²) in [6, 6.07) is 0.510. The molecule has 1 atom stereocenters. The van der Waals surface area contributed by atoms with Crippen LogP contribution in [0.25, 0.3) is 0 Å². The van der Waals surface area contributed by atoms with Gasteiger partial charge in [0.1, 0.15) is 22.4 Å². The number of halogens is 1. The van der Waals surface area contributed by atoms with Gasteiger partial charge < -0.3 is 10.6 Å². The summed E-state index contributed by atoms with van der Waals surface area (Å²) >= 11 is 3.61. The fraction of sp³-hybridized carbons (Fsp3) is 0.733. The summed E-state index contributed by atoms with van der Waals surface area (Å²) < 4.78 is 0.941. The van der Waals surface area contributed by atoms with Crippen LogP contribution in [0.3, 0.4) is 0 Å². The van der Waals surface area contributed by atoms with Gasteiger partial charge in [-0.2, -0.15) is 0 Å². The van der Waals surface area contributed by atoms with Crippen LogP contribution in [0.4, 0.5) is 11.6 Å². The van der Waals surface area contributed by atoms with Crippen LogP contribution in [-0.4, -0.2) is 22.6 Å². The highest BCUT2D eigenvalue weighted by Gasteiger charge is 2.23. The highest BCUT2D eigenvalue weighted by molar-refractivity contribution is 9.10. The molecule has 0 saturated heterocycles. The molecule has 1 saturated carbocycles. The van der Waals surface area contributed by atoms with Crippen molar-refractivity contribution in [1.29, 1.82) is 0 Å². The van der Waals surface area contributed by atoms with E-state index in [-0.39, 0.29) is 0 Å². The lowest BCUT2D eigenvalue weighted by atomic mass is 9.83. The van der Waals surface area contributed by atoms with E-state index in [0.717, 1.165) is 35.0 Å². The predicted octanol–water partition coefficient (Wildman–Crippen LogP) is 4.44. The van der Waals surface area contributed by atoms with Crippen LogP contribution in [0.15, 0.2) is 10.8 Å². The van der Waals surface area contributed by atoms with Gasteiger partial charge in [-0.1, -0.05) is 26.2 Å². The van der Waals surface area contributed by atoms with E-state index in [2.05, 4.69) is 50.4 Å².